The Labute approximate surface area is 191 Å². The molecule has 0 saturated carbocycles. The van der Waals surface area contributed by atoms with Gasteiger partial charge in [0, 0.05) is 11.3 Å². The van der Waals surface area contributed by atoms with Gasteiger partial charge >= 0.3 is 0 Å². The number of nitrogens with zero attached hydrogens (tertiary/aromatic N) is 2. The molecule has 0 radical (unpaired) electrons. The van der Waals surface area contributed by atoms with Crippen molar-refractivity contribution in [2.45, 2.75) is 20.1 Å². The van der Waals surface area contributed by atoms with Crippen molar-refractivity contribution in [3.8, 4) is 11.4 Å². The topological polar surface area (TPSA) is 69.3 Å². The number of furan rings is 1. The van der Waals surface area contributed by atoms with E-state index < -0.39 is 0 Å². The SMILES string of the molecule is Cc1nc2cc(C(=O)NCc3ccco3)ccc2n1-c1ccc(OCc2ccccc2)cc1. The minimum Gasteiger partial charge on any atom is -0.489 e. The van der Waals surface area contributed by atoms with E-state index in [0.717, 1.165) is 33.9 Å². The molecule has 0 spiro atoms. The third-order valence-corrected chi connectivity index (χ3v) is 5.43. The predicted molar refractivity (Wildman–Crippen MR) is 126 cm³/mol. The van der Waals surface area contributed by atoms with Crippen molar-refractivity contribution in [2.75, 3.05) is 0 Å². The summed E-state index contributed by atoms with van der Waals surface area (Å²) in [6.07, 6.45) is 1.59. The number of nitrogens with one attached hydrogen (secondary N) is 1. The fourth-order valence-corrected chi connectivity index (χ4v) is 3.78. The van der Waals surface area contributed by atoms with Gasteiger partial charge in [0.15, 0.2) is 0 Å². The van der Waals surface area contributed by atoms with Crippen molar-refractivity contribution in [1.82, 2.24) is 14.9 Å². The molecule has 0 atom stereocenters. The Kier molecular flexibility index (Phi) is 5.64. The van der Waals surface area contributed by atoms with Crippen LogP contribution in [0.3, 0.4) is 0 Å². The molecule has 6 nitrogen and oxygen atoms in total. The van der Waals surface area contributed by atoms with Gasteiger partial charge in [-0.05, 0) is 67.1 Å². The van der Waals surface area contributed by atoms with Crippen LogP contribution in [-0.2, 0) is 13.2 Å². The zero-order valence-corrected chi connectivity index (χ0v) is 18.2. The highest BCUT2D eigenvalue weighted by atomic mass is 16.5. The molecule has 33 heavy (non-hydrogen) atoms. The van der Waals surface area contributed by atoms with Gasteiger partial charge in [-0.25, -0.2) is 4.98 Å². The molecule has 0 aliphatic carbocycles. The molecule has 0 saturated heterocycles. The first kappa shape index (κ1) is 20.6. The molecule has 0 unspecified atom stereocenters. The van der Waals surface area contributed by atoms with Crippen LogP contribution in [-0.4, -0.2) is 15.5 Å². The number of carbonyl (C=O) groups is 1. The molecule has 0 bridgehead atoms. The first-order valence-corrected chi connectivity index (χ1v) is 10.7. The van der Waals surface area contributed by atoms with E-state index in [9.17, 15) is 4.79 Å². The normalized spacial score (nSPS) is 10.9. The molecule has 2 heterocycles. The fraction of sp³-hybridized carbons (Fsp3) is 0.111. The maximum absolute atomic E-state index is 12.5. The van der Waals surface area contributed by atoms with Gasteiger partial charge in [-0.15, -0.1) is 0 Å². The van der Waals surface area contributed by atoms with Crippen LogP contribution in [0.25, 0.3) is 16.7 Å². The zero-order chi connectivity index (χ0) is 22.6. The first-order valence-electron chi connectivity index (χ1n) is 10.7. The van der Waals surface area contributed by atoms with E-state index in [1.807, 2.05) is 85.8 Å². The monoisotopic (exact) mass is 437 g/mol. The lowest BCUT2D eigenvalue weighted by Gasteiger charge is -2.10. The summed E-state index contributed by atoms with van der Waals surface area (Å²) < 4.78 is 13.2. The Morgan fingerprint density at radius 2 is 1.82 bits per heavy atom. The quantitative estimate of drug-likeness (QED) is 0.368. The van der Waals surface area contributed by atoms with Crippen molar-refractivity contribution in [2.24, 2.45) is 0 Å². The number of aromatic nitrogens is 2. The number of rotatable bonds is 7. The van der Waals surface area contributed by atoms with Gasteiger partial charge < -0.3 is 14.5 Å². The molecule has 3 aromatic carbocycles. The second-order valence-corrected chi connectivity index (χ2v) is 7.73. The molecular weight excluding hydrogens is 414 g/mol. The molecule has 164 valence electrons. The van der Waals surface area contributed by atoms with Crippen LogP contribution in [0.4, 0.5) is 0 Å². The number of imidazole rings is 1. The molecule has 0 aliphatic heterocycles. The number of carbonyl (C=O) groups excluding carboxylic acids is 1. The van der Waals surface area contributed by atoms with E-state index in [1.165, 1.54) is 0 Å². The summed E-state index contributed by atoms with van der Waals surface area (Å²) in [6, 6.07) is 27.2. The number of ether oxygens (including phenoxy) is 1. The Hall–Kier alpha value is -4.32. The van der Waals surface area contributed by atoms with Gasteiger partial charge in [0.25, 0.3) is 5.91 Å². The van der Waals surface area contributed by atoms with Crippen LogP contribution in [0.2, 0.25) is 0 Å². The lowest BCUT2D eigenvalue weighted by atomic mass is 10.2. The van der Waals surface area contributed by atoms with Crippen LogP contribution in [0.5, 0.6) is 5.75 Å². The molecule has 6 heteroatoms. The van der Waals surface area contributed by atoms with Crippen LogP contribution in [0, 0.1) is 6.92 Å². The summed E-state index contributed by atoms with van der Waals surface area (Å²) in [5.74, 6) is 2.19. The van der Waals surface area contributed by atoms with Gasteiger partial charge in [-0.2, -0.15) is 0 Å². The highest BCUT2D eigenvalue weighted by Gasteiger charge is 2.13. The van der Waals surface area contributed by atoms with Gasteiger partial charge in [0.1, 0.15) is 23.9 Å². The largest absolute Gasteiger partial charge is 0.489 e. The molecule has 0 aliphatic rings. The van der Waals surface area contributed by atoms with Gasteiger partial charge in [0.05, 0.1) is 23.8 Å². The van der Waals surface area contributed by atoms with Crippen molar-refractivity contribution in [3.63, 3.8) is 0 Å². The predicted octanol–water partition coefficient (Wildman–Crippen LogP) is 5.44. The molecule has 1 amide bonds. The van der Waals surface area contributed by atoms with E-state index in [2.05, 4.69) is 14.9 Å². The zero-order valence-electron chi connectivity index (χ0n) is 18.2. The second kappa shape index (κ2) is 9.04. The summed E-state index contributed by atoms with van der Waals surface area (Å²) in [4.78, 5) is 17.2. The summed E-state index contributed by atoms with van der Waals surface area (Å²) in [5, 5.41) is 2.87. The van der Waals surface area contributed by atoms with Gasteiger partial charge in [-0.1, -0.05) is 30.3 Å². The number of aryl methyl sites for hydroxylation is 1. The van der Waals surface area contributed by atoms with E-state index in [4.69, 9.17) is 9.15 Å². The Balaban J connectivity index is 1.32. The van der Waals surface area contributed by atoms with Crippen LogP contribution >= 0.6 is 0 Å². The minimum atomic E-state index is -0.166. The van der Waals surface area contributed by atoms with E-state index in [-0.39, 0.29) is 5.91 Å². The lowest BCUT2D eigenvalue weighted by Crippen LogP contribution is -2.22. The van der Waals surface area contributed by atoms with Crippen molar-refractivity contribution in [3.05, 3.63) is 114 Å². The van der Waals surface area contributed by atoms with Crippen LogP contribution < -0.4 is 10.1 Å². The number of hydrogen-bond donors (Lipinski definition) is 1. The Morgan fingerprint density at radius 1 is 1.00 bits per heavy atom. The lowest BCUT2D eigenvalue weighted by molar-refractivity contribution is 0.0948. The summed E-state index contributed by atoms with van der Waals surface area (Å²) in [6.45, 7) is 2.82. The van der Waals surface area contributed by atoms with Gasteiger partial charge in [0.2, 0.25) is 0 Å². The number of fused-ring (bicyclic) bond motifs is 1. The highest BCUT2D eigenvalue weighted by molar-refractivity contribution is 5.97. The van der Waals surface area contributed by atoms with Crippen molar-refractivity contribution >= 4 is 16.9 Å². The molecule has 2 aromatic heterocycles. The molecule has 5 rings (SSSR count). The standard InChI is InChI=1S/C27H23N3O3/c1-19-29-25-16-21(27(31)28-17-24-8-5-15-32-24)9-14-26(25)30(19)22-10-12-23(13-11-22)33-18-20-6-3-2-4-7-20/h2-16H,17-18H2,1H3,(H,28,31). The average molecular weight is 437 g/mol. The fourth-order valence-electron chi connectivity index (χ4n) is 3.78. The number of benzene rings is 3. The van der Waals surface area contributed by atoms with Crippen molar-refractivity contribution in [1.29, 1.82) is 0 Å². The van der Waals surface area contributed by atoms with E-state index in [1.54, 1.807) is 12.3 Å². The number of amides is 1. The average Bonchev–Trinajstić information content (AvgIpc) is 3.49. The Bertz CT molecular complexity index is 1370. The van der Waals surface area contributed by atoms with Gasteiger partial charge in [-0.3, -0.25) is 9.36 Å². The third kappa shape index (κ3) is 4.50. The maximum Gasteiger partial charge on any atom is 0.251 e. The molecular formula is C27H23N3O3. The van der Waals surface area contributed by atoms with E-state index >= 15 is 0 Å². The summed E-state index contributed by atoms with van der Waals surface area (Å²) in [7, 11) is 0. The summed E-state index contributed by atoms with van der Waals surface area (Å²) in [5.41, 5.74) is 4.37. The number of hydrogen-bond acceptors (Lipinski definition) is 4. The Morgan fingerprint density at radius 3 is 2.58 bits per heavy atom. The third-order valence-electron chi connectivity index (χ3n) is 5.43. The maximum atomic E-state index is 12.5. The van der Waals surface area contributed by atoms with E-state index in [0.29, 0.717) is 24.5 Å². The molecule has 0 fully saturated rings. The second-order valence-electron chi connectivity index (χ2n) is 7.73. The van der Waals surface area contributed by atoms with Crippen LogP contribution in [0.15, 0.2) is 95.6 Å². The minimum absolute atomic E-state index is 0.166. The molecule has 1 N–H and O–H groups in total. The smallest absolute Gasteiger partial charge is 0.251 e. The molecule has 5 aromatic rings. The highest BCUT2D eigenvalue weighted by Crippen LogP contribution is 2.24. The first-order chi connectivity index (χ1) is 16.2. The van der Waals surface area contributed by atoms with Crippen molar-refractivity contribution < 1.29 is 13.9 Å². The van der Waals surface area contributed by atoms with Crippen LogP contribution in [0.1, 0.15) is 27.5 Å². The summed E-state index contributed by atoms with van der Waals surface area (Å²) >= 11 is 0.